The summed E-state index contributed by atoms with van der Waals surface area (Å²) in [6.45, 7) is 0.892. The van der Waals surface area contributed by atoms with Crippen LogP contribution in [0.5, 0.6) is 17.2 Å². The summed E-state index contributed by atoms with van der Waals surface area (Å²) < 4.78 is 10.8. The number of nitrogens with one attached hydrogen (secondary N) is 1. The molecule has 2 N–H and O–H groups in total. The van der Waals surface area contributed by atoms with Crippen LogP contribution < -0.4 is 14.8 Å². The van der Waals surface area contributed by atoms with Gasteiger partial charge in [-0.1, -0.05) is 12.1 Å². The van der Waals surface area contributed by atoms with E-state index in [9.17, 15) is 5.11 Å². The maximum Gasteiger partial charge on any atom is 0.161 e. The highest BCUT2D eigenvalue weighted by atomic mass is 16.5. The number of benzene rings is 2. The van der Waals surface area contributed by atoms with Crippen molar-refractivity contribution in [3.63, 3.8) is 0 Å². The molecule has 0 saturated heterocycles. The van der Waals surface area contributed by atoms with Gasteiger partial charge in [0.05, 0.1) is 20.3 Å². The maximum absolute atomic E-state index is 9.70. The normalized spacial score (nSPS) is 17.1. The van der Waals surface area contributed by atoms with Crippen LogP contribution in [-0.2, 0) is 6.42 Å². The van der Waals surface area contributed by atoms with Gasteiger partial charge >= 0.3 is 0 Å². The summed E-state index contributed by atoms with van der Waals surface area (Å²) in [7, 11) is 3.29. The predicted octanol–water partition coefficient (Wildman–Crippen LogP) is 2.64. The molecule has 3 rings (SSSR count). The summed E-state index contributed by atoms with van der Waals surface area (Å²) in [5.74, 6) is 1.76. The van der Waals surface area contributed by atoms with Gasteiger partial charge in [0.1, 0.15) is 5.75 Å². The third-order valence-electron chi connectivity index (χ3n) is 3.90. The number of phenolic OH excluding ortho intramolecular Hbond substituents is 1. The van der Waals surface area contributed by atoms with E-state index in [0.29, 0.717) is 0 Å². The first-order valence-electron chi connectivity index (χ1n) is 7.00. The van der Waals surface area contributed by atoms with E-state index in [-0.39, 0.29) is 11.8 Å². The minimum Gasteiger partial charge on any atom is -0.508 e. The molecule has 0 amide bonds. The second-order valence-corrected chi connectivity index (χ2v) is 5.14. The average molecular weight is 285 g/mol. The molecule has 1 atom stereocenters. The Morgan fingerprint density at radius 2 is 1.86 bits per heavy atom. The van der Waals surface area contributed by atoms with Crippen molar-refractivity contribution < 1.29 is 14.6 Å². The number of ether oxygens (including phenoxy) is 2. The van der Waals surface area contributed by atoms with E-state index in [2.05, 4.69) is 5.32 Å². The first-order valence-corrected chi connectivity index (χ1v) is 7.00. The Balaban J connectivity index is 2.09. The lowest BCUT2D eigenvalue weighted by Crippen LogP contribution is -2.30. The third-order valence-corrected chi connectivity index (χ3v) is 3.90. The van der Waals surface area contributed by atoms with E-state index in [0.717, 1.165) is 30.0 Å². The average Bonchev–Trinajstić information content (AvgIpc) is 2.52. The second kappa shape index (κ2) is 5.66. The van der Waals surface area contributed by atoms with E-state index in [1.807, 2.05) is 24.3 Å². The summed E-state index contributed by atoms with van der Waals surface area (Å²) in [6.07, 6.45) is 0.949. The Bertz CT molecular complexity index is 654. The molecule has 1 aliphatic rings. The quantitative estimate of drug-likeness (QED) is 0.910. The van der Waals surface area contributed by atoms with Crippen molar-refractivity contribution in [2.45, 2.75) is 12.5 Å². The number of methoxy groups -OCH3 is 2. The topological polar surface area (TPSA) is 50.7 Å². The van der Waals surface area contributed by atoms with Crippen LogP contribution in [0.4, 0.5) is 0 Å². The van der Waals surface area contributed by atoms with Crippen molar-refractivity contribution in [3.8, 4) is 17.2 Å². The Morgan fingerprint density at radius 1 is 1.10 bits per heavy atom. The smallest absolute Gasteiger partial charge is 0.161 e. The van der Waals surface area contributed by atoms with E-state index in [1.54, 1.807) is 26.4 Å². The zero-order valence-corrected chi connectivity index (χ0v) is 12.2. The highest BCUT2D eigenvalue weighted by Crippen LogP contribution is 2.37. The molecule has 1 heterocycles. The molecule has 4 nitrogen and oxygen atoms in total. The first-order chi connectivity index (χ1) is 10.2. The largest absolute Gasteiger partial charge is 0.508 e. The van der Waals surface area contributed by atoms with Crippen molar-refractivity contribution in [3.05, 3.63) is 53.1 Å². The van der Waals surface area contributed by atoms with E-state index in [4.69, 9.17) is 9.47 Å². The maximum atomic E-state index is 9.70. The summed E-state index contributed by atoms with van der Waals surface area (Å²) in [5.41, 5.74) is 3.47. The van der Waals surface area contributed by atoms with Crippen LogP contribution >= 0.6 is 0 Å². The zero-order chi connectivity index (χ0) is 14.8. The van der Waals surface area contributed by atoms with Crippen LogP contribution in [0.3, 0.4) is 0 Å². The van der Waals surface area contributed by atoms with Gasteiger partial charge in [-0.15, -0.1) is 0 Å². The molecule has 4 heteroatoms. The van der Waals surface area contributed by atoms with Crippen molar-refractivity contribution >= 4 is 0 Å². The van der Waals surface area contributed by atoms with Gasteiger partial charge in [-0.25, -0.2) is 0 Å². The van der Waals surface area contributed by atoms with E-state index < -0.39 is 0 Å². The van der Waals surface area contributed by atoms with Gasteiger partial charge in [-0.2, -0.15) is 0 Å². The van der Waals surface area contributed by atoms with Gasteiger partial charge in [-0.3, -0.25) is 0 Å². The lowest BCUT2D eigenvalue weighted by Gasteiger charge is -2.28. The Kier molecular flexibility index (Phi) is 3.71. The third kappa shape index (κ3) is 2.54. The molecule has 0 unspecified atom stereocenters. The SMILES string of the molecule is COc1cc2c(cc1OC)[C@@H](c1cccc(O)c1)NCC2. The van der Waals surface area contributed by atoms with E-state index in [1.165, 1.54) is 11.1 Å². The van der Waals surface area contributed by atoms with E-state index >= 15 is 0 Å². The van der Waals surface area contributed by atoms with Crippen molar-refractivity contribution in [2.75, 3.05) is 20.8 Å². The highest BCUT2D eigenvalue weighted by Gasteiger charge is 2.24. The molecular weight excluding hydrogens is 266 g/mol. The predicted molar refractivity (Wildman–Crippen MR) is 81.2 cm³/mol. The zero-order valence-electron chi connectivity index (χ0n) is 12.2. The number of hydrogen-bond acceptors (Lipinski definition) is 4. The van der Waals surface area contributed by atoms with Gasteiger partial charge in [0.15, 0.2) is 11.5 Å². The molecular formula is C17H19NO3. The standard InChI is InChI=1S/C17H19NO3/c1-20-15-9-11-6-7-18-17(14(11)10-16(15)21-2)12-4-3-5-13(19)8-12/h3-5,8-10,17-19H,6-7H2,1-2H3/t17-/m1/s1. The van der Waals surface area contributed by atoms with Crippen molar-refractivity contribution in [2.24, 2.45) is 0 Å². The fourth-order valence-corrected chi connectivity index (χ4v) is 2.88. The molecule has 0 aliphatic carbocycles. The van der Waals surface area contributed by atoms with Crippen LogP contribution in [0, 0.1) is 0 Å². The lowest BCUT2D eigenvalue weighted by molar-refractivity contribution is 0.353. The van der Waals surface area contributed by atoms with Gasteiger partial charge in [0, 0.05) is 6.54 Å². The van der Waals surface area contributed by atoms with Crippen LogP contribution in [0.2, 0.25) is 0 Å². The summed E-state index contributed by atoms with van der Waals surface area (Å²) in [4.78, 5) is 0. The number of rotatable bonds is 3. The van der Waals surface area contributed by atoms with Gasteiger partial charge in [0.25, 0.3) is 0 Å². The van der Waals surface area contributed by atoms with Crippen LogP contribution in [-0.4, -0.2) is 25.9 Å². The minimum absolute atomic E-state index is 0.0562. The van der Waals surface area contributed by atoms with Gasteiger partial charge < -0.3 is 19.9 Å². The lowest BCUT2D eigenvalue weighted by atomic mass is 9.89. The van der Waals surface area contributed by atoms with Crippen molar-refractivity contribution in [1.82, 2.24) is 5.32 Å². The number of hydrogen-bond donors (Lipinski definition) is 2. The monoisotopic (exact) mass is 285 g/mol. The number of aromatic hydroxyl groups is 1. The molecule has 0 aromatic heterocycles. The molecule has 2 aromatic rings. The van der Waals surface area contributed by atoms with Gasteiger partial charge in [0.2, 0.25) is 0 Å². The molecule has 0 spiro atoms. The molecule has 110 valence electrons. The summed E-state index contributed by atoms with van der Waals surface area (Å²) >= 11 is 0. The molecule has 0 bridgehead atoms. The fraction of sp³-hybridized carbons (Fsp3) is 0.294. The molecule has 0 saturated carbocycles. The highest BCUT2D eigenvalue weighted by molar-refractivity contribution is 5.52. The van der Waals surface area contributed by atoms with Crippen molar-refractivity contribution in [1.29, 1.82) is 0 Å². The first kappa shape index (κ1) is 13.8. The van der Waals surface area contributed by atoms with Crippen LogP contribution in [0.15, 0.2) is 36.4 Å². The van der Waals surface area contributed by atoms with Crippen LogP contribution in [0.25, 0.3) is 0 Å². The Hall–Kier alpha value is -2.20. The molecule has 0 radical (unpaired) electrons. The Labute approximate surface area is 124 Å². The number of phenols is 1. The molecule has 1 aliphatic heterocycles. The minimum atomic E-state index is 0.0562. The molecule has 0 fully saturated rings. The summed E-state index contributed by atoms with van der Waals surface area (Å²) in [5, 5.41) is 13.2. The molecule has 2 aromatic carbocycles. The fourth-order valence-electron chi connectivity index (χ4n) is 2.88. The van der Waals surface area contributed by atoms with Gasteiger partial charge in [-0.05, 0) is 47.4 Å². The second-order valence-electron chi connectivity index (χ2n) is 5.14. The summed E-state index contributed by atoms with van der Waals surface area (Å²) in [6, 6.07) is 11.5. The molecule has 21 heavy (non-hydrogen) atoms. The number of fused-ring (bicyclic) bond motifs is 1. The van der Waals surface area contributed by atoms with Crippen LogP contribution in [0.1, 0.15) is 22.7 Å². The Morgan fingerprint density at radius 3 is 2.57 bits per heavy atom.